The summed E-state index contributed by atoms with van der Waals surface area (Å²) in [6.07, 6.45) is 1.95. The Hall–Kier alpha value is -0.400. The van der Waals surface area contributed by atoms with E-state index >= 15 is 0 Å². The smallest absolute Gasteiger partial charge is 0.244 e. The van der Waals surface area contributed by atoms with Crippen LogP contribution in [0, 0.1) is 13.8 Å². The molecule has 0 aliphatic rings. The lowest BCUT2D eigenvalue weighted by atomic mass is 10.2. The van der Waals surface area contributed by atoms with Gasteiger partial charge in [0, 0.05) is 18.4 Å². The highest BCUT2D eigenvalue weighted by Crippen LogP contribution is 2.18. The number of rotatable bonds is 6. The lowest BCUT2D eigenvalue weighted by Gasteiger charge is -2.11. The normalized spacial score (nSPS) is 13.8. The first-order chi connectivity index (χ1) is 8.29. The molecule has 0 amide bonds. The van der Waals surface area contributed by atoms with Gasteiger partial charge < -0.3 is 0 Å². The fraction of sp³-hybridized carbons (Fsp3) is 0.727. The number of hydrogen-bond acceptors (Lipinski definition) is 3. The van der Waals surface area contributed by atoms with E-state index in [0.29, 0.717) is 22.8 Å². The number of aryl methyl sites for hydroxylation is 2. The first kappa shape index (κ1) is 15.7. The summed E-state index contributed by atoms with van der Waals surface area (Å²) in [4.78, 5) is 0.454. The lowest BCUT2D eigenvalue weighted by molar-refractivity contribution is 0.576. The van der Waals surface area contributed by atoms with E-state index in [1.807, 2.05) is 0 Å². The van der Waals surface area contributed by atoms with Crippen LogP contribution in [0.1, 0.15) is 31.2 Å². The van der Waals surface area contributed by atoms with Crippen LogP contribution in [0.15, 0.2) is 4.90 Å². The van der Waals surface area contributed by atoms with Gasteiger partial charge in [0.2, 0.25) is 10.0 Å². The van der Waals surface area contributed by atoms with Gasteiger partial charge in [-0.2, -0.15) is 5.10 Å². The van der Waals surface area contributed by atoms with Gasteiger partial charge in [-0.05, 0) is 20.3 Å². The van der Waals surface area contributed by atoms with E-state index in [0.717, 1.165) is 12.8 Å². The van der Waals surface area contributed by atoms with Crippen LogP contribution in [0.5, 0.6) is 0 Å². The molecule has 1 rings (SSSR count). The maximum Gasteiger partial charge on any atom is 0.244 e. The van der Waals surface area contributed by atoms with Gasteiger partial charge in [0.1, 0.15) is 4.90 Å². The van der Waals surface area contributed by atoms with Crippen molar-refractivity contribution in [2.75, 3.05) is 6.54 Å². The van der Waals surface area contributed by atoms with E-state index in [-0.39, 0.29) is 4.83 Å². The van der Waals surface area contributed by atoms with E-state index in [1.165, 1.54) is 0 Å². The molecule has 1 heterocycles. The highest BCUT2D eigenvalue weighted by molar-refractivity contribution is 9.09. The van der Waals surface area contributed by atoms with Gasteiger partial charge in [-0.1, -0.05) is 29.3 Å². The van der Waals surface area contributed by atoms with Crippen molar-refractivity contribution >= 4 is 26.0 Å². The predicted molar refractivity (Wildman–Crippen MR) is 75.5 cm³/mol. The highest BCUT2D eigenvalue weighted by atomic mass is 79.9. The fourth-order valence-corrected chi connectivity index (χ4v) is 4.18. The van der Waals surface area contributed by atoms with Crippen molar-refractivity contribution in [2.24, 2.45) is 7.05 Å². The largest absolute Gasteiger partial charge is 0.271 e. The van der Waals surface area contributed by atoms with Crippen LogP contribution in [0.3, 0.4) is 0 Å². The second-order valence-corrected chi connectivity index (χ2v) is 7.36. The minimum atomic E-state index is -3.48. The standard InChI is InChI=1S/C11H20BrN3O2S/c1-5-6-10(12)7-13-18(16,17)11-8(2)14-15(4)9(11)3/h10,13H,5-7H2,1-4H3. The second kappa shape index (κ2) is 6.16. The van der Waals surface area contributed by atoms with Crippen molar-refractivity contribution in [3.05, 3.63) is 11.4 Å². The van der Waals surface area contributed by atoms with E-state index in [1.54, 1.807) is 25.6 Å². The van der Waals surface area contributed by atoms with Crippen LogP contribution in [0.25, 0.3) is 0 Å². The zero-order chi connectivity index (χ0) is 13.9. The lowest BCUT2D eigenvalue weighted by Crippen LogP contribution is -2.30. The Morgan fingerprint density at radius 3 is 2.50 bits per heavy atom. The van der Waals surface area contributed by atoms with Gasteiger partial charge in [0.15, 0.2) is 0 Å². The summed E-state index contributed by atoms with van der Waals surface area (Å²) in [7, 11) is -1.74. The maximum absolute atomic E-state index is 12.2. The van der Waals surface area contributed by atoms with Gasteiger partial charge in [0.05, 0.1) is 11.4 Å². The molecule has 0 fully saturated rings. The van der Waals surface area contributed by atoms with Crippen LogP contribution < -0.4 is 4.72 Å². The summed E-state index contributed by atoms with van der Waals surface area (Å²) in [6, 6.07) is 0. The number of sulfonamides is 1. The topological polar surface area (TPSA) is 64.0 Å². The molecule has 1 aromatic heterocycles. The van der Waals surface area contributed by atoms with E-state index in [4.69, 9.17) is 0 Å². The number of nitrogens with one attached hydrogen (secondary N) is 1. The quantitative estimate of drug-likeness (QED) is 0.806. The van der Waals surface area contributed by atoms with Gasteiger partial charge in [-0.25, -0.2) is 13.1 Å². The highest BCUT2D eigenvalue weighted by Gasteiger charge is 2.23. The molecule has 1 N–H and O–H groups in total. The van der Waals surface area contributed by atoms with E-state index in [9.17, 15) is 8.42 Å². The molecule has 0 aromatic carbocycles. The zero-order valence-electron chi connectivity index (χ0n) is 11.2. The number of alkyl halides is 1. The Morgan fingerprint density at radius 1 is 1.44 bits per heavy atom. The van der Waals surface area contributed by atoms with E-state index in [2.05, 4.69) is 32.7 Å². The summed E-state index contributed by atoms with van der Waals surface area (Å²) in [6.45, 7) is 5.92. The SMILES string of the molecule is CCCC(Br)CNS(=O)(=O)c1c(C)nn(C)c1C. The van der Waals surface area contributed by atoms with Crippen molar-refractivity contribution in [3.63, 3.8) is 0 Å². The maximum atomic E-state index is 12.2. The summed E-state index contributed by atoms with van der Waals surface area (Å²) in [5.74, 6) is 0. The molecule has 7 heteroatoms. The third-order valence-corrected chi connectivity index (χ3v) is 5.26. The molecule has 104 valence electrons. The molecule has 1 unspecified atom stereocenters. The number of hydrogen-bond donors (Lipinski definition) is 1. The van der Waals surface area contributed by atoms with Gasteiger partial charge in [-0.15, -0.1) is 0 Å². The average Bonchev–Trinajstić information content (AvgIpc) is 2.51. The molecular formula is C11H20BrN3O2S. The zero-order valence-corrected chi connectivity index (χ0v) is 13.6. The Morgan fingerprint density at radius 2 is 2.06 bits per heavy atom. The molecule has 1 aromatic rings. The van der Waals surface area contributed by atoms with Gasteiger partial charge >= 0.3 is 0 Å². The molecule has 1 atom stereocenters. The summed E-state index contributed by atoms with van der Waals surface area (Å²) >= 11 is 3.46. The van der Waals surface area contributed by atoms with Crippen LogP contribution in [0.4, 0.5) is 0 Å². The Kier molecular flexibility index (Phi) is 5.36. The first-order valence-corrected chi connectivity index (χ1v) is 8.33. The van der Waals surface area contributed by atoms with Crippen LogP contribution >= 0.6 is 15.9 Å². The Labute approximate surface area is 117 Å². The predicted octanol–water partition coefficient (Wildman–Crippen LogP) is 1.88. The molecule has 0 spiro atoms. The molecule has 0 aliphatic carbocycles. The summed E-state index contributed by atoms with van der Waals surface area (Å²) < 4.78 is 28.6. The molecular weight excluding hydrogens is 318 g/mol. The molecule has 5 nitrogen and oxygen atoms in total. The summed E-state index contributed by atoms with van der Waals surface area (Å²) in [5.41, 5.74) is 1.19. The first-order valence-electron chi connectivity index (χ1n) is 5.93. The molecule has 0 saturated heterocycles. The average molecular weight is 338 g/mol. The number of nitrogens with zero attached hydrogens (tertiary/aromatic N) is 2. The fourth-order valence-electron chi connectivity index (χ4n) is 1.83. The van der Waals surface area contributed by atoms with Crippen molar-refractivity contribution in [2.45, 2.75) is 43.3 Å². The van der Waals surface area contributed by atoms with Crippen LogP contribution in [-0.4, -0.2) is 29.6 Å². The van der Waals surface area contributed by atoms with Crippen LogP contribution in [-0.2, 0) is 17.1 Å². The number of halogens is 1. The Bertz CT molecular complexity index is 511. The monoisotopic (exact) mass is 337 g/mol. The van der Waals surface area contributed by atoms with Gasteiger partial charge in [0.25, 0.3) is 0 Å². The van der Waals surface area contributed by atoms with Gasteiger partial charge in [-0.3, -0.25) is 4.68 Å². The van der Waals surface area contributed by atoms with Crippen molar-refractivity contribution in [1.82, 2.24) is 14.5 Å². The van der Waals surface area contributed by atoms with Crippen molar-refractivity contribution < 1.29 is 8.42 Å². The minimum absolute atomic E-state index is 0.162. The molecule has 0 bridgehead atoms. The Balaban J connectivity index is 2.87. The molecule has 0 aliphatic heterocycles. The molecule has 18 heavy (non-hydrogen) atoms. The van der Waals surface area contributed by atoms with Crippen molar-refractivity contribution in [1.29, 1.82) is 0 Å². The third-order valence-electron chi connectivity index (χ3n) is 2.81. The number of aromatic nitrogens is 2. The summed E-state index contributed by atoms with van der Waals surface area (Å²) in [5, 5.41) is 4.13. The third kappa shape index (κ3) is 3.55. The molecule has 0 radical (unpaired) electrons. The van der Waals surface area contributed by atoms with Crippen molar-refractivity contribution in [3.8, 4) is 0 Å². The minimum Gasteiger partial charge on any atom is -0.271 e. The molecule has 0 saturated carbocycles. The van der Waals surface area contributed by atoms with Crippen LogP contribution in [0.2, 0.25) is 0 Å². The second-order valence-electron chi connectivity index (χ2n) is 4.36. The van der Waals surface area contributed by atoms with E-state index < -0.39 is 10.0 Å².